The van der Waals surface area contributed by atoms with Gasteiger partial charge in [-0.2, -0.15) is 0 Å². The molecular weight excluding hydrogens is 403 g/mol. The van der Waals surface area contributed by atoms with Crippen molar-refractivity contribution in [3.63, 3.8) is 0 Å². The van der Waals surface area contributed by atoms with E-state index in [4.69, 9.17) is 16.6 Å². The third-order valence-electron chi connectivity index (χ3n) is 4.94. The minimum Gasteiger partial charge on any atom is -0.387 e. The van der Waals surface area contributed by atoms with Crippen molar-refractivity contribution in [1.29, 1.82) is 0 Å². The topological polar surface area (TPSA) is 45.2 Å². The van der Waals surface area contributed by atoms with E-state index in [0.29, 0.717) is 5.02 Å². The molecule has 3 nitrogen and oxygen atoms in total. The van der Waals surface area contributed by atoms with E-state index in [1.54, 1.807) is 0 Å². The minimum atomic E-state index is -0.542. The third-order valence-corrected chi connectivity index (χ3v) is 5.19. The van der Waals surface area contributed by atoms with Crippen LogP contribution in [0.5, 0.6) is 0 Å². The summed E-state index contributed by atoms with van der Waals surface area (Å²) in [7, 11) is 0. The number of halogens is 3. The summed E-state index contributed by atoms with van der Waals surface area (Å²) in [5, 5.41) is 16.2. The summed E-state index contributed by atoms with van der Waals surface area (Å²) in [5.74, 6) is 0. The number of fused-ring (bicyclic) bond motifs is 1. The maximum absolute atomic E-state index is 11.0. The third kappa shape index (κ3) is 4.74. The van der Waals surface area contributed by atoms with E-state index in [1.807, 2.05) is 54.6 Å². The lowest BCUT2D eigenvalue weighted by Gasteiger charge is -2.29. The van der Waals surface area contributed by atoms with Crippen LogP contribution in [0.4, 0.5) is 0 Å². The summed E-state index contributed by atoms with van der Waals surface area (Å²) >= 11 is 6.01. The molecule has 1 saturated heterocycles. The molecule has 0 bridgehead atoms. The van der Waals surface area contributed by atoms with E-state index < -0.39 is 6.10 Å². The molecule has 2 aromatic carbocycles. The second kappa shape index (κ2) is 9.72. The molecule has 6 heteroatoms. The van der Waals surface area contributed by atoms with Crippen molar-refractivity contribution >= 4 is 47.3 Å². The van der Waals surface area contributed by atoms with E-state index in [2.05, 4.69) is 5.32 Å². The zero-order valence-electron chi connectivity index (χ0n) is 14.8. The molecule has 4 rings (SSSR count). The highest BCUT2D eigenvalue weighted by atomic mass is 35.5. The lowest BCUT2D eigenvalue weighted by molar-refractivity contribution is 0.115. The Morgan fingerprint density at radius 3 is 2.48 bits per heavy atom. The number of piperidine rings is 1. The second-order valence-electron chi connectivity index (χ2n) is 6.62. The molecule has 2 heterocycles. The highest BCUT2D eigenvalue weighted by molar-refractivity contribution is 6.30. The van der Waals surface area contributed by atoms with E-state index >= 15 is 0 Å². The molecule has 3 aromatic rings. The van der Waals surface area contributed by atoms with Crippen molar-refractivity contribution in [2.24, 2.45) is 0 Å². The van der Waals surface area contributed by atoms with Crippen molar-refractivity contribution in [2.75, 3.05) is 6.54 Å². The predicted octanol–water partition coefficient (Wildman–Crippen LogP) is 5.57. The standard InChI is InChI=1S/C21H21ClN2O.2ClH/c22-15-10-8-14(9-11-15)20-13-17(16-5-1-2-6-18(16)24-20)21(25)19-7-3-4-12-23-19;;/h1-2,5-6,8-11,13,19,21,23,25H,3-4,7,12H2;2*1H/t19?,21-;;/m1../s1. The average molecular weight is 426 g/mol. The molecule has 2 N–H and O–H groups in total. The Hall–Kier alpha value is -1.36. The van der Waals surface area contributed by atoms with Crippen LogP contribution in [0.1, 0.15) is 30.9 Å². The Balaban J connectivity index is 0.00000131. The highest BCUT2D eigenvalue weighted by Crippen LogP contribution is 2.32. The molecule has 1 aromatic heterocycles. The van der Waals surface area contributed by atoms with Crippen LogP contribution < -0.4 is 5.32 Å². The summed E-state index contributed by atoms with van der Waals surface area (Å²) in [6.45, 7) is 0.967. The Labute approximate surface area is 177 Å². The van der Waals surface area contributed by atoms with Crippen molar-refractivity contribution in [2.45, 2.75) is 31.4 Å². The normalized spacial score (nSPS) is 17.6. The van der Waals surface area contributed by atoms with Gasteiger partial charge in [-0.25, -0.2) is 4.98 Å². The van der Waals surface area contributed by atoms with Gasteiger partial charge in [-0.1, -0.05) is 48.4 Å². The fourth-order valence-electron chi connectivity index (χ4n) is 3.58. The van der Waals surface area contributed by atoms with Gasteiger partial charge in [-0.3, -0.25) is 0 Å². The molecule has 1 aliphatic rings. The van der Waals surface area contributed by atoms with E-state index in [-0.39, 0.29) is 30.9 Å². The molecule has 27 heavy (non-hydrogen) atoms. The number of para-hydroxylation sites is 1. The van der Waals surface area contributed by atoms with Crippen LogP contribution in [-0.2, 0) is 0 Å². The molecule has 0 saturated carbocycles. The van der Waals surface area contributed by atoms with Gasteiger partial charge in [0.15, 0.2) is 0 Å². The number of nitrogens with one attached hydrogen (secondary N) is 1. The number of aliphatic hydroxyl groups is 1. The Kier molecular flexibility index (Phi) is 7.90. The number of hydrogen-bond acceptors (Lipinski definition) is 3. The first kappa shape index (κ1) is 21.9. The second-order valence-corrected chi connectivity index (χ2v) is 7.06. The Bertz CT molecular complexity index is 880. The van der Waals surface area contributed by atoms with Crippen molar-refractivity contribution in [3.8, 4) is 11.3 Å². The van der Waals surface area contributed by atoms with Crippen molar-refractivity contribution in [3.05, 3.63) is 65.2 Å². The quantitative estimate of drug-likeness (QED) is 0.576. The molecule has 1 unspecified atom stereocenters. The fourth-order valence-corrected chi connectivity index (χ4v) is 3.71. The Morgan fingerprint density at radius 1 is 1.04 bits per heavy atom. The van der Waals surface area contributed by atoms with Gasteiger partial charge in [-0.05, 0) is 49.2 Å². The summed E-state index contributed by atoms with van der Waals surface area (Å²) in [4.78, 5) is 4.79. The molecule has 144 valence electrons. The maximum Gasteiger partial charge on any atom is 0.0950 e. The summed E-state index contributed by atoms with van der Waals surface area (Å²) < 4.78 is 0. The van der Waals surface area contributed by atoms with Crippen molar-refractivity contribution < 1.29 is 5.11 Å². The van der Waals surface area contributed by atoms with Gasteiger partial charge in [0.2, 0.25) is 0 Å². The van der Waals surface area contributed by atoms with E-state index in [1.165, 1.54) is 6.42 Å². The average Bonchev–Trinajstić information content (AvgIpc) is 2.68. The van der Waals surface area contributed by atoms with Crippen LogP contribution >= 0.6 is 36.4 Å². The van der Waals surface area contributed by atoms with Crippen molar-refractivity contribution in [1.82, 2.24) is 10.3 Å². The van der Waals surface area contributed by atoms with Gasteiger partial charge >= 0.3 is 0 Å². The molecule has 1 fully saturated rings. The number of benzene rings is 2. The number of hydrogen-bond donors (Lipinski definition) is 2. The maximum atomic E-state index is 11.0. The molecule has 2 atom stereocenters. The van der Waals surface area contributed by atoms with Crippen LogP contribution in [-0.4, -0.2) is 22.7 Å². The Morgan fingerprint density at radius 2 is 1.78 bits per heavy atom. The van der Waals surface area contributed by atoms with Crippen LogP contribution in [0.2, 0.25) is 5.02 Å². The van der Waals surface area contributed by atoms with Gasteiger partial charge in [0.1, 0.15) is 0 Å². The monoisotopic (exact) mass is 424 g/mol. The van der Waals surface area contributed by atoms with Crippen LogP contribution in [0.3, 0.4) is 0 Å². The molecule has 0 amide bonds. The molecule has 1 aliphatic heterocycles. The highest BCUT2D eigenvalue weighted by Gasteiger charge is 2.25. The van der Waals surface area contributed by atoms with E-state index in [9.17, 15) is 5.11 Å². The lowest BCUT2D eigenvalue weighted by Crippen LogP contribution is -2.38. The molecule has 0 spiro atoms. The summed E-state index contributed by atoms with van der Waals surface area (Å²) in [6, 6.07) is 17.8. The lowest BCUT2D eigenvalue weighted by atomic mass is 9.92. The van der Waals surface area contributed by atoms with E-state index in [0.717, 1.165) is 47.1 Å². The summed E-state index contributed by atoms with van der Waals surface area (Å²) in [5.41, 5.74) is 3.70. The largest absolute Gasteiger partial charge is 0.387 e. The minimum absolute atomic E-state index is 0. The first-order valence-electron chi connectivity index (χ1n) is 8.79. The van der Waals surface area contributed by atoms with Gasteiger partial charge in [-0.15, -0.1) is 24.8 Å². The van der Waals surface area contributed by atoms with Gasteiger partial charge in [0.25, 0.3) is 0 Å². The zero-order valence-corrected chi connectivity index (χ0v) is 17.2. The smallest absolute Gasteiger partial charge is 0.0950 e. The molecular formula is C21H23Cl3N2O. The number of aliphatic hydroxyl groups excluding tert-OH is 1. The number of pyridine rings is 1. The number of nitrogens with zero attached hydrogens (tertiary/aromatic N) is 1. The number of aromatic nitrogens is 1. The number of rotatable bonds is 3. The molecule has 0 radical (unpaired) electrons. The fraction of sp³-hybridized carbons (Fsp3) is 0.286. The van der Waals surface area contributed by atoms with Gasteiger partial charge < -0.3 is 10.4 Å². The van der Waals surface area contributed by atoms with Crippen LogP contribution in [0.25, 0.3) is 22.2 Å². The predicted molar refractivity (Wildman–Crippen MR) is 117 cm³/mol. The van der Waals surface area contributed by atoms with Gasteiger partial charge in [0, 0.05) is 22.0 Å². The van der Waals surface area contributed by atoms with Gasteiger partial charge in [0.05, 0.1) is 17.3 Å². The summed E-state index contributed by atoms with van der Waals surface area (Å²) in [6.07, 6.45) is 2.78. The first-order valence-corrected chi connectivity index (χ1v) is 9.17. The molecule has 0 aliphatic carbocycles. The van der Waals surface area contributed by atoms with Crippen LogP contribution in [0, 0.1) is 0 Å². The van der Waals surface area contributed by atoms with Crippen LogP contribution in [0.15, 0.2) is 54.6 Å². The zero-order chi connectivity index (χ0) is 17.2. The SMILES string of the molecule is Cl.Cl.O[C@H](c1cc(-c2ccc(Cl)cc2)nc2ccccc12)C1CCCCN1. The first-order chi connectivity index (χ1) is 12.2.